The van der Waals surface area contributed by atoms with E-state index >= 15 is 0 Å². The van der Waals surface area contributed by atoms with E-state index in [1.165, 1.54) is 30.2 Å². The van der Waals surface area contributed by atoms with Crippen LogP contribution < -0.4 is 11.1 Å². The van der Waals surface area contributed by atoms with Crippen LogP contribution in [0.5, 0.6) is 0 Å². The number of nitrogens with one attached hydrogen (secondary N) is 1. The van der Waals surface area contributed by atoms with E-state index in [0.717, 1.165) is 31.6 Å². The number of rotatable bonds is 6. The summed E-state index contributed by atoms with van der Waals surface area (Å²) in [5.41, 5.74) is 8.52. The molecule has 1 aromatic carbocycles. The van der Waals surface area contributed by atoms with Crippen molar-refractivity contribution in [2.45, 2.75) is 25.7 Å². The molecule has 1 fully saturated rings. The first-order valence-corrected chi connectivity index (χ1v) is 7.19. The summed E-state index contributed by atoms with van der Waals surface area (Å²) in [7, 11) is 0. The Hall–Kier alpha value is -1.32. The smallest absolute Gasteiger partial charge is 0.134 e. The van der Waals surface area contributed by atoms with Crippen molar-refractivity contribution in [1.29, 1.82) is 0 Å². The van der Waals surface area contributed by atoms with Crippen LogP contribution in [-0.2, 0) is 6.42 Å². The van der Waals surface area contributed by atoms with Gasteiger partial charge in [0.05, 0.1) is 6.26 Å². The summed E-state index contributed by atoms with van der Waals surface area (Å²) in [6.45, 7) is 2.86. The predicted molar refractivity (Wildman–Crippen MR) is 78.1 cm³/mol. The highest BCUT2D eigenvalue weighted by atomic mass is 16.3. The van der Waals surface area contributed by atoms with Crippen LogP contribution in [0.15, 0.2) is 34.9 Å². The molecule has 1 heterocycles. The van der Waals surface area contributed by atoms with Crippen molar-refractivity contribution in [3.63, 3.8) is 0 Å². The standard InChI is InChI=1S/C16H22N2O/c17-11-16(7-3-8-16)12-18-9-6-13-10-19-15-5-2-1-4-14(13)15/h1-2,4-5,10,18H,3,6-9,11-12,17H2. The Balaban J connectivity index is 1.52. The van der Waals surface area contributed by atoms with E-state index in [1.807, 2.05) is 18.4 Å². The Labute approximate surface area is 114 Å². The highest BCUT2D eigenvalue weighted by Crippen LogP contribution is 2.39. The second kappa shape index (κ2) is 5.35. The fraction of sp³-hybridized carbons (Fsp3) is 0.500. The van der Waals surface area contributed by atoms with Gasteiger partial charge in [-0.3, -0.25) is 0 Å². The Kier molecular flexibility index (Phi) is 3.58. The van der Waals surface area contributed by atoms with Crippen molar-refractivity contribution in [3.8, 4) is 0 Å². The minimum Gasteiger partial charge on any atom is -0.464 e. The summed E-state index contributed by atoms with van der Waals surface area (Å²) in [4.78, 5) is 0. The average Bonchev–Trinajstić information content (AvgIpc) is 2.81. The normalized spacial score (nSPS) is 17.5. The van der Waals surface area contributed by atoms with Crippen LogP contribution in [0, 0.1) is 5.41 Å². The SMILES string of the molecule is NCC1(CNCCc2coc3ccccc23)CCC1. The second-order valence-electron chi connectivity index (χ2n) is 5.74. The lowest BCUT2D eigenvalue weighted by atomic mass is 9.69. The molecule has 0 saturated heterocycles. The third-order valence-corrected chi connectivity index (χ3v) is 4.48. The zero-order chi connectivity index (χ0) is 13.1. The Morgan fingerprint density at radius 2 is 2.11 bits per heavy atom. The fourth-order valence-electron chi connectivity index (χ4n) is 2.93. The van der Waals surface area contributed by atoms with E-state index in [9.17, 15) is 0 Å². The van der Waals surface area contributed by atoms with Gasteiger partial charge in [0, 0.05) is 11.9 Å². The molecule has 1 aromatic heterocycles. The van der Waals surface area contributed by atoms with Gasteiger partial charge < -0.3 is 15.5 Å². The third-order valence-electron chi connectivity index (χ3n) is 4.48. The van der Waals surface area contributed by atoms with Gasteiger partial charge in [0.25, 0.3) is 0 Å². The Morgan fingerprint density at radius 1 is 1.26 bits per heavy atom. The number of fused-ring (bicyclic) bond motifs is 1. The minimum atomic E-state index is 0.387. The summed E-state index contributed by atoms with van der Waals surface area (Å²) in [5, 5.41) is 4.80. The van der Waals surface area contributed by atoms with Gasteiger partial charge in [-0.05, 0) is 49.4 Å². The van der Waals surface area contributed by atoms with Crippen LogP contribution in [0.25, 0.3) is 11.0 Å². The fourth-order valence-corrected chi connectivity index (χ4v) is 2.93. The largest absolute Gasteiger partial charge is 0.464 e. The molecule has 19 heavy (non-hydrogen) atoms. The zero-order valence-electron chi connectivity index (χ0n) is 11.3. The summed E-state index contributed by atoms with van der Waals surface area (Å²) in [6, 6.07) is 8.22. The lowest BCUT2D eigenvalue weighted by Gasteiger charge is -2.41. The molecule has 0 bridgehead atoms. The van der Waals surface area contributed by atoms with Gasteiger partial charge in [-0.2, -0.15) is 0 Å². The molecular formula is C16H22N2O. The number of nitrogens with two attached hydrogens (primary N) is 1. The van der Waals surface area contributed by atoms with Crippen LogP contribution >= 0.6 is 0 Å². The molecule has 3 heteroatoms. The van der Waals surface area contributed by atoms with Crippen molar-refractivity contribution in [2.75, 3.05) is 19.6 Å². The van der Waals surface area contributed by atoms with Gasteiger partial charge in [0.15, 0.2) is 0 Å². The van der Waals surface area contributed by atoms with Gasteiger partial charge in [0.1, 0.15) is 5.58 Å². The molecular weight excluding hydrogens is 236 g/mol. The van der Waals surface area contributed by atoms with Gasteiger partial charge in [-0.1, -0.05) is 24.6 Å². The summed E-state index contributed by atoms with van der Waals surface area (Å²) in [5.74, 6) is 0. The Morgan fingerprint density at radius 3 is 2.84 bits per heavy atom. The first kappa shape index (κ1) is 12.7. The summed E-state index contributed by atoms with van der Waals surface area (Å²) < 4.78 is 5.55. The summed E-state index contributed by atoms with van der Waals surface area (Å²) in [6.07, 6.45) is 6.80. The van der Waals surface area contributed by atoms with Gasteiger partial charge in [-0.25, -0.2) is 0 Å². The quantitative estimate of drug-likeness (QED) is 0.783. The van der Waals surface area contributed by atoms with Crippen LogP contribution in [0.4, 0.5) is 0 Å². The van der Waals surface area contributed by atoms with Crippen molar-refractivity contribution in [1.82, 2.24) is 5.32 Å². The van der Waals surface area contributed by atoms with E-state index in [1.54, 1.807) is 0 Å². The molecule has 0 amide bonds. The molecule has 3 nitrogen and oxygen atoms in total. The predicted octanol–water partition coefficient (Wildman–Crippen LogP) is 2.69. The number of hydrogen-bond acceptors (Lipinski definition) is 3. The molecule has 1 aliphatic carbocycles. The van der Waals surface area contributed by atoms with Crippen LogP contribution in [0.2, 0.25) is 0 Å². The van der Waals surface area contributed by atoms with E-state index in [0.29, 0.717) is 5.41 Å². The lowest BCUT2D eigenvalue weighted by molar-refractivity contribution is 0.141. The molecule has 0 atom stereocenters. The summed E-state index contributed by atoms with van der Waals surface area (Å²) >= 11 is 0. The minimum absolute atomic E-state index is 0.387. The maximum absolute atomic E-state index is 5.87. The van der Waals surface area contributed by atoms with Gasteiger partial charge in [0.2, 0.25) is 0 Å². The number of benzene rings is 1. The van der Waals surface area contributed by atoms with Crippen molar-refractivity contribution in [2.24, 2.45) is 11.1 Å². The van der Waals surface area contributed by atoms with E-state index in [4.69, 9.17) is 10.2 Å². The molecule has 0 unspecified atom stereocenters. The Bertz CT molecular complexity index is 537. The van der Waals surface area contributed by atoms with Crippen LogP contribution in [-0.4, -0.2) is 19.6 Å². The highest BCUT2D eigenvalue weighted by Gasteiger charge is 2.34. The molecule has 3 N–H and O–H groups in total. The van der Waals surface area contributed by atoms with E-state index in [-0.39, 0.29) is 0 Å². The number of para-hydroxylation sites is 1. The molecule has 2 aromatic rings. The number of furan rings is 1. The molecule has 102 valence electrons. The zero-order valence-corrected chi connectivity index (χ0v) is 11.3. The maximum Gasteiger partial charge on any atom is 0.134 e. The molecule has 1 aliphatic rings. The molecule has 1 saturated carbocycles. The van der Waals surface area contributed by atoms with Crippen LogP contribution in [0.3, 0.4) is 0 Å². The number of hydrogen-bond donors (Lipinski definition) is 2. The highest BCUT2D eigenvalue weighted by molar-refractivity contribution is 5.80. The second-order valence-corrected chi connectivity index (χ2v) is 5.74. The lowest BCUT2D eigenvalue weighted by Crippen LogP contribution is -2.45. The van der Waals surface area contributed by atoms with Crippen molar-refractivity contribution < 1.29 is 4.42 Å². The first-order valence-electron chi connectivity index (χ1n) is 7.19. The van der Waals surface area contributed by atoms with Crippen LogP contribution in [0.1, 0.15) is 24.8 Å². The van der Waals surface area contributed by atoms with Crippen molar-refractivity contribution in [3.05, 3.63) is 36.1 Å². The monoisotopic (exact) mass is 258 g/mol. The first-order chi connectivity index (χ1) is 9.33. The van der Waals surface area contributed by atoms with Crippen molar-refractivity contribution >= 4 is 11.0 Å². The molecule has 0 aliphatic heterocycles. The maximum atomic E-state index is 5.87. The molecule has 0 spiro atoms. The van der Waals surface area contributed by atoms with Gasteiger partial charge >= 0.3 is 0 Å². The van der Waals surface area contributed by atoms with E-state index < -0.39 is 0 Å². The average molecular weight is 258 g/mol. The molecule has 3 rings (SSSR count). The third kappa shape index (κ3) is 2.53. The van der Waals surface area contributed by atoms with E-state index in [2.05, 4.69) is 17.4 Å². The molecule has 0 radical (unpaired) electrons. The van der Waals surface area contributed by atoms with Gasteiger partial charge in [-0.15, -0.1) is 0 Å². The topological polar surface area (TPSA) is 51.2 Å².